The minimum Gasteiger partial charge on any atom is -0.327 e. The van der Waals surface area contributed by atoms with Crippen molar-refractivity contribution in [3.05, 3.63) is 72.3 Å². The van der Waals surface area contributed by atoms with Crippen molar-refractivity contribution < 1.29 is 9.59 Å². The minimum atomic E-state index is 0.0456. The molecule has 0 aliphatic carbocycles. The summed E-state index contributed by atoms with van der Waals surface area (Å²) in [5, 5.41) is 0. The Labute approximate surface area is 195 Å². The second kappa shape index (κ2) is 18.1. The van der Waals surface area contributed by atoms with E-state index in [2.05, 4.69) is 69.0 Å². The molecule has 0 fully saturated rings. The van der Waals surface area contributed by atoms with Gasteiger partial charge in [0, 0.05) is 12.5 Å². The third kappa shape index (κ3) is 12.3. The van der Waals surface area contributed by atoms with E-state index in [4.69, 9.17) is 16.3 Å². The van der Waals surface area contributed by atoms with Crippen molar-refractivity contribution in [3.63, 3.8) is 0 Å². The topological polar surface area (TPSA) is 86.2 Å². The number of ketones is 1. The molecule has 4 heteroatoms. The zero-order chi connectivity index (χ0) is 24.4. The third-order valence-electron chi connectivity index (χ3n) is 5.41. The van der Waals surface area contributed by atoms with E-state index in [0.717, 1.165) is 32.1 Å². The highest BCUT2D eigenvalue weighted by molar-refractivity contribution is 5.80. The van der Waals surface area contributed by atoms with Crippen LogP contribution >= 0.6 is 0 Å². The molecule has 2 rings (SSSR count). The molecule has 2 unspecified atom stereocenters. The Balaban J connectivity index is 0.00000121. The summed E-state index contributed by atoms with van der Waals surface area (Å²) in [6, 6.07) is 19.2. The fourth-order valence-electron chi connectivity index (χ4n) is 3.27. The first kappa shape index (κ1) is 29.4. The Hall–Kier alpha value is -2.56. The second-order valence-corrected chi connectivity index (χ2v) is 8.07. The number of benzene rings is 2. The van der Waals surface area contributed by atoms with Gasteiger partial charge in [-0.3, -0.25) is 4.79 Å². The van der Waals surface area contributed by atoms with Crippen LogP contribution in [-0.2, 0) is 16.0 Å². The van der Waals surface area contributed by atoms with Crippen molar-refractivity contribution in [2.45, 2.75) is 65.3 Å². The molecule has 0 aliphatic heterocycles. The van der Waals surface area contributed by atoms with Crippen molar-refractivity contribution in [1.82, 2.24) is 0 Å². The van der Waals surface area contributed by atoms with Crippen LogP contribution in [0.15, 0.2) is 66.7 Å². The molecule has 0 saturated carbocycles. The summed E-state index contributed by atoms with van der Waals surface area (Å²) in [4.78, 5) is 19.4. The highest BCUT2D eigenvalue weighted by atomic mass is 16.1. The standard InChI is InChI=1S/C22H30N2O.C5H10.CH2O/c1-2-6-20(22(24)14-13-21(25)16-23)15-17-9-11-19(12-10-17)18-7-4-3-5-8-18;1-4-5(2)3;1-2/h3-5,7-12,20,22H,2,6,13-16,23-24H2,1H3;2,4H2,1,3H3;1H2. The number of Topliss-reactive ketones (excluding diaryl/α,β-unsaturated/α-hetero) is 1. The average Bonchev–Trinajstić information content (AvgIpc) is 2.84. The van der Waals surface area contributed by atoms with Gasteiger partial charge in [-0.2, -0.15) is 0 Å². The maximum absolute atomic E-state index is 11.4. The van der Waals surface area contributed by atoms with E-state index in [9.17, 15) is 4.79 Å². The molecule has 4 N–H and O–H groups in total. The van der Waals surface area contributed by atoms with Gasteiger partial charge >= 0.3 is 0 Å². The van der Waals surface area contributed by atoms with Gasteiger partial charge in [-0.15, -0.1) is 6.58 Å². The predicted octanol–water partition coefficient (Wildman–Crippen LogP) is 5.74. The number of hydrogen-bond acceptors (Lipinski definition) is 4. The van der Waals surface area contributed by atoms with Crippen molar-refractivity contribution >= 4 is 12.6 Å². The van der Waals surface area contributed by atoms with Gasteiger partial charge in [0.1, 0.15) is 12.6 Å². The van der Waals surface area contributed by atoms with Gasteiger partial charge in [-0.05, 0) is 55.2 Å². The van der Waals surface area contributed by atoms with Crippen LogP contribution in [0.1, 0.15) is 58.4 Å². The Morgan fingerprint density at radius 2 is 1.47 bits per heavy atom. The van der Waals surface area contributed by atoms with Gasteiger partial charge in [0.05, 0.1) is 6.54 Å². The summed E-state index contributed by atoms with van der Waals surface area (Å²) in [6.07, 6.45) is 5.47. The number of carbonyl (C=O) groups is 2. The summed E-state index contributed by atoms with van der Waals surface area (Å²) in [7, 11) is 0. The van der Waals surface area contributed by atoms with E-state index in [1.54, 1.807) is 0 Å². The summed E-state index contributed by atoms with van der Waals surface area (Å²) >= 11 is 0. The quantitative estimate of drug-likeness (QED) is 0.438. The second-order valence-electron chi connectivity index (χ2n) is 8.07. The molecule has 0 amide bonds. The molecular formula is C28H42N2O2. The SMILES string of the molecule is C=C(C)CC.C=O.CCCC(Cc1ccc(-c2ccccc2)cc1)C(N)CCC(=O)CN. The Morgan fingerprint density at radius 1 is 0.938 bits per heavy atom. The van der Waals surface area contributed by atoms with Crippen molar-refractivity contribution in [2.24, 2.45) is 17.4 Å². The molecule has 0 bridgehead atoms. The van der Waals surface area contributed by atoms with E-state index in [1.807, 2.05) is 19.8 Å². The monoisotopic (exact) mass is 438 g/mol. The smallest absolute Gasteiger partial charge is 0.146 e. The molecule has 0 heterocycles. The van der Waals surface area contributed by atoms with E-state index in [0.29, 0.717) is 12.3 Å². The van der Waals surface area contributed by atoms with Crippen molar-refractivity contribution in [3.8, 4) is 11.1 Å². The maximum atomic E-state index is 11.4. The highest BCUT2D eigenvalue weighted by Gasteiger charge is 2.18. The minimum absolute atomic E-state index is 0.0456. The largest absolute Gasteiger partial charge is 0.327 e. The first-order valence-corrected chi connectivity index (χ1v) is 11.5. The molecule has 4 nitrogen and oxygen atoms in total. The molecule has 0 spiro atoms. The lowest BCUT2D eigenvalue weighted by Gasteiger charge is -2.23. The molecular weight excluding hydrogens is 396 g/mol. The van der Waals surface area contributed by atoms with Crippen LogP contribution in [0.4, 0.5) is 0 Å². The summed E-state index contributed by atoms with van der Waals surface area (Å²) in [5.41, 5.74) is 16.8. The zero-order valence-electron chi connectivity index (χ0n) is 20.2. The third-order valence-corrected chi connectivity index (χ3v) is 5.41. The molecule has 2 aromatic carbocycles. The molecule has 0 aromatic heterocycles. The maximum Gasteiger partial charge on any atom is 0.146 e. The fourth-order valence-corrected chi connectivity index (χ4v) is 3.27. The van der Waals surface area contributed by atoms with Gasteiger partial charge < -0.3 is 16.3 Å². The number of hydrogen-bond donors (Lipinski definition) is 2. The molecule has 0 saturated heterocycles. The number of allylic oxidation sites excluding steroid dienone is 1. The zero-order valence-corrected chi connectivity index (χ0v) is 20.2. The summed E-state index contributed by atoms with van der Waals surface area (Å²) in [6.45, 7) is 12.1. The van der Waals surface area contributed by atoms with Crippen LogP contribution in [0, 0.1) is 5.92 Å². The fraction of sp³-hybridized carbons (Fsp3) is 0.429. The Morgan fingerprint density at radius 3 is 1.94 bits per heavy atom. The lowest BCUT2D eigenvalue weighted by molar-refractivity contribution is -0.118. The predicted molar refractivity (Wildman–Crippen MR) is 137 cm³/mol. The van der Waals surface area contributed by atoms with Crippen LogP contribution in [0.5, 0.6) is 0 Å². The molecule has 0 aliphatic rings. The van der Waals surface area contributed by atoms with Crippen LogP contribution < -0.4 is 11.5 Å². The van der Waals surface area contributed by atoms with Crippen LogP contribution in [0.2, 0.25) is 0 Å². The summed E-state index contributed by atoms with van der Waals surface area (Å²) < 4.78 is 0. The average molecular weight is 439 g/mol. The molecule has 2 aromatic rings. The van der Waals surface area contributed by atoms with Gasteiger partial charge in [0.2, 0.25) is 0 Å². The van der Waals surface area contributed by atoms with E-state index in [-0.39, 0.29) is 18.4 Å². The van der Waals surface area contributed by atoms with Crippen LogP contribution in [0.25, 0.3) is 11.1 Å². The Bertz CT molecular complexity index is 757. The van der Waals surface area contributed by atoms with Crippen LogP contribution in [0.3, 0.4) is 0 Å². The molecule has 2 atom stereocenters. The van der Waals surface area contributed by atoms with Crippen molar-refractivity contribution in [1.29, 1.82) is 0 Å². The van der Waals surface area contributed by atoms with Gasteiger partial charge in [0.25, 0.3) is 0 Å². The Kier molecular flexibility index (Phi) is 16.6. The normalized spacial score (nSPS) is 11.8. The molecule has 32 heavy (non-hydrogen) atoms. The lowest BCUT2D eigenvalue weighted by atomic mass is 9.86. The first-order valence-electron chi connectivity index (χ1n) is 11.5. The summed E-state index contributed by atoms with van der Waals surface area (Å²) in [5.74, 6) is 0.496. The highest BCUT2D eigenvalue weighted by Crippen LogP contribution is 2.23. The lowest BCUT2D eigenvalue weighted by Crippen LogP contribution is -2.32. The molecule has 0 radical (unpaired) electrons. The van der Waals surface area contributed by atoms with Crippen molar-refractivity contribution in [2.75, 3.05) is 6.54 Å². The van der Waals surface area contributed by atoms with Crippen LogP contribution in [-0.4, -0.2) is 25.2 Å². The van der Waals surface area contributed by atoms with Gasteiger partial charge in [-0.1, -0.05) is 80.4 Å². The number of rotatable bonds is 11. The van der Waals surface area contributed by atoms with E-state index < -0.39 is 0 Å². The molecule has 176 valence electrons. The van der Waals surface area contributed by atoms with E-state index >= 15 is 0 Å². The number of carbonyl (C=O) groups excluding carboxylic acids is 2. The van der Waals surface area contributed by atoms with E-state index in [1.165, 1.54) is 22.3 Å². The van der Waals surface area contributed by atoms with Gasteiger partial charge in [-0.25, -0.2) is 0 Å². The first-order chi connectivity index (χ1) is 15.4. The van der Waals surface area contributed by atoms with Gasteiger partial charge in [0.15, 0.2) is 0 Å². The number of nitrogens with two attached hydrogens (primary N) is 2.